The van der Waals surface area contributed by atoms with Crippen LogP contribution in [-0.2, 0) is 7.05 Å². The van der Waals surface area contributed by atoms with Crippen LogP contribution in [0.2, 0.25) is 0 Å². The van der Waals surface area contributed by atoms with Crippen LogP contribution < -0.4 is 0 Å². The fraction of sp³-hybridized carbons (Fsp3) is 0.368. The third-order valence-corrected chi connectivity index (χ3v) is 4.98. The zero-order valence-corrected chi connectivity index (χ0v) is 14.0. The first kappa shape index (κ1) is 15.0. The molecule has 2 aromatic heterocycles. The van der Waals surface area contributed by atoms with Crippen molar-refractivity contribution in [2.45, 2.75) is 25.7 Å². The van der Waals surface area contributed by atoms with Crippen molar-refractivity contribution in [1.82, 2.24) is 14.5 Å². The number of carbonyl (C=O) groups excluding carboxylic acids is 1. The first-order valence-corrected chi connectivity index (χ1v) is 8.40. The summed E-state index contributed by atoms with van der Waals surface area (Å²) in [5.41, 5.74) is 2.83. The Bertz CT molecular complexity index is 893. The number of aromatic nitrogens is 2. The zero-order valence-electron chi connectivity index (χ0n) is 14.0. The lowest BCUT2D eigenvalue weighted by Gasteiger charge is -2.32. The van der Waals surface area contributed by atoms with E-state index in [1.807, 2.05) is 30.0 Å². The van der Waals surface area contributed by atoms with Gasteiger partial charge in [-0.3, -0.25) is 4.79 Å². The Morgan fingerprint density at radius 2 is 2.12 bits per heavy atom. The zero-order chi connectivity index (χ0) is 16.7. The molecule has 1 aromatic carbocycles. The fourth-order valence-electron chi connectivity index (χ4n) is 3.68. The quantitative estimate of drug-likeness (QED) is 0.725. The Hall–Kier alpha value is -2.56. The lowest BCUT2D eigenvalue weighted by atomic mass is 9.96. The molecule has 0 bridgehead atoms. The summed E-state index contributed by atoms with van der Waals surface area (Å²) in [6, 6.07) is 9.94. The summed E-state index contributed by atoms with van der Waals surface area (Å²) in [6.07, 6.45) is 3.64. The predicted molar refractivity (Wildman–Crippen MR) is 92.0 cm³/mol. The van der Waals surface area contributed by atoms with Crippen molar-refractivity contribution in [2.75, 3.05) is 13.1 Å². The molecule has 24 heavy (non-hydrogen) atoms. The van der Waals surface area contributed by atoms with Crippen molar-refractivity contribution in [2.24, 2.45) is 7.05 Å². The molecule has 1 aliphatic heterocycles. The van der Waals surface area contributed by atoms with Gasteiger partial charge in [0.1, 0.15) is 11.6 Å². The number of furan rings is 1. The van der Waals surface area contributed by atoms with Crippen molar-refractivity contribution < 1.29 is 9.21 Å². The molecule has 1 fully saturated rings. The number of carbonyl (C=O) groups is 1. The molecular weight excluding hydrogens is 302 g/mol. The number of nitrogens with zero attached hydrogens (tertiary/aromatic N) is 3. The van der Waals surface area contributed by atoms with Gasteiger partial charge in [-0.15, -0.1) is 0 Å². The summed E-state index contributed by atoms with van der Waals surface area (Å²) < 4.78 is 7.45. The first-order chi connectivity index (χ1) is 11.6. The normalized spacial score (nSPS) is 18.2. The average Bonchev–Trinajstić information content (AvgIpc) is 3.18. The molecular formula is C19H21N3O2. The van der Waals surface area contributed by atoms with Crippen LogP contribution in [-0.4, -0.2) is 33.4 Å². The van der Waals surface area contributed by atoms with Gasteiger partial charge >= 0.3 is 0 Å². The summed E-state index contributed by atoms with van der Waals surface area (Å²) in [5, 5.41) is 0. The van der Waals surface area contributed by atoms with Gasteiger partial charge in [-0.1, -0.05) is 12.1 Å². The van der Waals surface area contributed by atoms with E-state index in [1.54, 1.807) is 12.3 Å². The lowest BCUT2D eigenvalue weighted by Crippen LogP contribution is -2.39. The minimum absolute atomic E-state index is 0.0599. The molecule has 5 nitrogen and oxygen atoms in total. The third-order valence-electron chi connectivity index (χ3n) is 4.98. The second-order valence-electron chi connectivity index (χ2n) is 6.50. The highest BCUT2D eigenvalue weighted by atomic mass is 16.3. The fourth-order valence-corrected chi connectivity index (χ4v) is 3.68. The Morgan fingerprint density at radius 3 is 2.88 bits per heavy atom. The average molecular weight is 323 g/mol. The molecule has 1 saturated heterocycles. The minimum atomic E-state index is 0.0599. The summed E-state index contributed by atoms with van der Waals surface area (Å²) in [4.78, 5) is 19.5. The van der Waals surface area contributed by atoms with Gasteiger partial charge in [0, 0.05) is 26.1 Å². The Morgan fingerprint density at radius 1 is 1.29 bits per heavy atom. The highest BCUT2D eigenvalue weighted by Crippen LogP contribution is 2.29. The maximum Gasteiger partial charge on any atom is 0.257 e. The van der Waals surface area contributed by atoms with Crippen LogP contribution in [0.1, 0.15) is 40.7 Å². The van der Waals surface area contributed by atoms with Gasteiger partial charge < -0.3 is 13.9 Å². The van der Waals surface area contributed by atoms with Crippen molar-refractivity contribution >= 4 is 16.9 Å². The number of likely N-dealkylation sites (tertiary alicyclic amines) is 1. The van der Waals surface area contributed by atoms with E-state index in [0.717, 1.165) is 36.2 Å². The van der Waals surface area contributed by atoms with E-state index in [1.165, 1.54) is 0 Å². The van der Waals surface area contributed by atoms with Gasteiger partial charge in [0.2, 0.25) is 0 Å². The number of benzene rings is 1. The number of amides is 1. The maximum absolute atomic E-state index is 12.8. The predicted octanol–water partition coefficient (Wildman–Crippen LogP) is 3.49. The van der Waals surface area contributed by atoms with E-state index < -0.39 is 0 Å². The summed E-state index contributed by atoms with van der Waals surface area (Å²) in [6.45, 7) is 3.34. The van der Waals surface area contributed by atoms with E-state index in [4.69, 9.17) is 9.40 Å². The van der Waals surface area contributed by atoms with Crippen LogP contribution in [0.3, 0.4) is 0 Å². The SMILES string of the molecule is Cc1occc1C(=O)N1CCCC(c2nc3ccccc3n2C)C1. The second kappa shape index (κ2) is 5.82. The number of imidazole rings is 1. The van der Waals surface area contributed by atoms with E-state index in [0.29, 0.717) is 17.9 Å². The van der Waals surface area contributed by atoms with Crippen LogP contribution >= 0.6 is 0 Å². The lowest BCUT2D eigenvalue weighted by molar-refractivity contribution is 0.0702. The number of hydrogen-bond donors (Lipinski definition) is 0. The van der Waals surface area contributed by atoms with Gasteiger partial charge in [0.25, 0.3) is 5.91 Å². The van der Waals surface area contributed by atoms with Crippen LogP contribution in [0.5, 0.6) is 0 Å². The molecule has 4 rings (SSSR count). The first-order valence-electron chi connectivity index (χ1n) is 8.40. The van der Waals surface area contributed by atoms with E-state index in [9.17, 15) is 4.79 Å². The molecule has 1 atom stereocenters. The molecule has 3 heterocycles. The number of rotatable bonds is 2. The Balaban J connectivity index is 1.61. The van der Waals surface area contributed by atoms with E-state index >= 15 is 0 Å². The number of aryl methyl sites for hydroxylation is 2. The van der Waals surface area contributed by atoms with Gasteiger partial charge in [0.15, 0.2) is 0 Å². The highest BCUT2D eigenvalue weighted by molar-refractivity contribution is 5.95. The Labute approximate surface area is 140 Å². The molecule has 1 aliphatic rings. The summed E-state index contributed by atoms with van der Waals surface area (Å²) >= 11 is 0. The highest BCUT2D eigenvalue weighted by Gasteiger charge is 2.29. The second-order valence-corrected chi connectivity index (χ2v) is 6.50. The molecule has 0 spiro atoms. The largest absolute Gasteiger partial charge is 0.469 e. The van der Waals surface area contributed by atoms with Gasteiger partial charge in [-0.05, 0) is 38.0 Å². The summed E-state index contributed by atoms with van der Waals surface area (Å²) in [5.74, 6) is 2.08. The van der Waals surface area contributed by atoms with Gasteiger partial charge in [-0.2, -0.15) is 0 Å². The van der Waals surface area contributed by atoms with Crippen molar-refractivity contribution in [3.8, 4) is 0 Å². The molecule has 0 radical (unpaired) electrons. The number of piperidine rings is 1. The summed E-state index contributed by atoms with van der Waals surface area (Å²) in [7, 11) is 2.06. The van der Waals surface area contributed by atoms with E-state index in [-0.39, 0.29) is 11.8 Å². The molecule has 124 valence electrons. The minimum Gasteiger partial charge on any atom is -0.469 e. The van der Waals surface area contributed by atoms with Gasteiger partial charge in [-0.25, -0.2) is 4.98 Å². The maximum atomic E-state index is 12.8. The van der Waals surface area contributed by atoms with Crippen LogP contribution in [0.25, 0.3) is 11.0 Å². The molecule has 0 aliphatic carbocycles. The topological polar surface area (TPSA) is 51.3 Å². The molecule has 5 heteroatoms. The Kier molecular flexibility index (Phi) is 3.63. The molecule has 1 amide bonds. The van der Waals surface area contributed by atoms with Crippen LogP contribution in [0.15, 0.2) is 41.0 Å². The molecule has 0 N–H and O–H groups in total. The standard InChI is InChI=1S/C19H21N3O2/c1-13-15(9-11-24-13)19(23)22-10-5-6-14(12-22)18-20-16-7-3-4-8-17(16)21(18)2/h3-4,7-9,11,14H,5-6,10,12H2,1-2H3. The molecule has 0 saturated carbocycles. The number of hydrogen-bond acceptors (Lipinski definition) is 3. The van der Waals surface area contributed by atoms with Crippen molar-refractivity contribution in [3.05, 3.63) is 53.7 Å². The monoisotopic (exact) mass is 323 g/mol. The smallest absolute Gasteiger partial charge is 0.257 e. The van der Waals surface area contributed by atoms with Gasteiger partial charge in [0.05, 0.1) is 22.9 Å². The molecule has 3 aromatic rings. The third kappa shape index (κ3) is 2.40. The van der Waals surface area contributed by atoms with Crippen molar-refractivity contribution in [1.29, 1.82) is 0 Å². The van der Waals surface area contributed by atoms with Crippen molar-refractivity contribution in [3.63, 3.8) is 0 Å². The number of fused-ring (bicyclic) bond motifs is 1. The van der Waals surface area contributed by atoms with Crippen LogP contribution in [0, 0.1) is 6.92 Å². The number of para-hydroxylation sites is 2. The van der Waals surface area contributed by atoms with Crippen LogP contribution in [0.4, 0.5) is 0 Å². The molecule has 1 unspecified atom stereocenters. The van der Waals surface area contributed by atoms with E-state index in [2.05, 4.69) is 17.7 Å².